The first-order valence-corrected chi connectivity index (χ1v) is 6.79. The van der Waals surface area contributed by atoms with Crippen LogP contribution >= 0.6 is 0 Å². The molecule has 0 radical (unpaired) electrons. The second-order valence-corrected chi connectivity index (χ2v) is 5.12. The summed E-state index contributed by atoms with van der Waals surface area (Å²) >= 11 is 0. The highest BCUT2D eigenvalue weighted by atomic mass is 19.1. The van der Waals surface area contributed by atoms with E-state index in [1.165, 1.54) is 28.0 Å². The Bertz CT molecular complexity index is 854. The molecule has 2 heterocycles. The van der Waals surface area contributed by atoms with Crippen molar-refractivity contribution in [2.75, 3.05) is 0 Å². The predicted molar refractivity (Wildman–Crippen MR) is 79.2 cm³/mol. The molecule has 0 aliphatic rings. The lowest BCUT2D eigenvalue weighted by atomic mass is 10.1. The molecule has 112 valence electrons. The molecule has 2 aromatic heterocycles. The fraction of sp³-hybridized carbons (Fsp3) is 0.200. The lowest BCUT2D eigenvalue weighted by Gasteiger charge is -2.06. The molecule has 0 unspecified atom stereocenters. The molecule has 0 aliphatic heterocycles. The summed E-state index contributed by atoms with van der Waals surface area (Å²) in [5.74, 6) is -0.508. The van der Waals surface area contributed by atoms with Gasteiger partial charge >= 0.3 is 5.69 Å². The molecule has 0 amide bonds. The van der Waals surface area contributed by atoms with Crippen LogP contribution in [0.25, 0.3) is 16.8 Å². The monoisotopic (exact) mass is 299 g/mol. The van der Waals surface area contributed by atoms with E-state index in [2.05, 4.69) is 15.1 Å². The van der Waals surface area contributed by atoms with Gasteiger partial charge in [0, 0.05) is 18.0 Å². The first-order valence-electron chi connectivity index (χ1n) is 6.79. The van der Waals surface area contributed by atoms with E-state index in [0.717, 1.165) is 0 Å². The molecule has 0 saturated heterocycles. The van der Waals surface area contributed by atoms with Gasteiger partial charge in [0.15, 0.2) is 0 Å². The maximum absolute atomic E-state index is 14.4. The van der Waals surface area contributed by atoms with Crippen molar-refractivity contribution < 1.29 is 4.39 Å². The minimum absolute atomic E-state index is 0.0856. The second kappa shape index (κ2) is 5.51. The smallest absolute Gasteiger partial charge is 0.247 e. The maximum Gasteiger partial charge on any atom is 0.350 e. The summed E-state index contributed by atoms with van der Waals surface area (Å²) in [5, 5.41) is 3.99. The highest BCUT2D eigenvalue weighted by Gasteiger charge is 2.13. The van der Waals surface area contributed by atoms with Crippen LogP contribution in [0.3, 0.4) is 0 Å². The minimum atomic E-state index is -0.508. The average Bonchev–Trinajstić information content (AvgIpc) is 2.90. The van der Waals surface area contributed by atoms with Gasteiger partial charge in [-0.05, 0) is 31.5 Å². The zero-order valence-electron chi connectivity index (χ0n) is 12.1. The van der Waals surface area contributed by atoms with Gasteiger partial charge in [-0.1, -0.05) is 6.07 Å². The third-order valence-electron chi connectivity index (χ3n) is 3.28. The summed E-state index contributed by atoms with van der Waals surface area (Å²) in [5.41, 5.74) is 1.14. The van der Waals surface area contributed by atoms with Crippen molar-refractivity contribution in [3.05, 3.63) is 59.5 Å². The van der Waals surface area contributed by atoms with Crippen LogP contribution in [-0.2, 0) is 0 Å². The fourth-order valence-corrected chi connectivity index (χ4v) is 2.17. The van der Waals surface area contributed by atoms with E-state index in [4.69, 9.17) is 0 Å². The van der Waals surface area contributed by atoms with Crippen molar-refractivity contribution in [1.29, 1.82) is 0 Å². The molecule has 6 nitrogen and oxygen atoms in total. The Balaban J connectivity index is 2.05. The van der Waals surface area contributed by atoms with Gasteiger partial charge in [-0.25, -0.2) is 28.4 Å². The number of halogens is 1. The molecule has 22 heavy (non-hydrogen) atoms. The van der Waals surface area contributed by atoms with Gasteiger partial charge in [0.1, 0.15) is 18.5 Å². The molecule has 0 spiro atoms. The van der Waals surface area contributed by atoms with Crippen LogP contribution in [0.4, 0.5) is 4.39 Å². The Morgan fingerprint density at radius 3 is 2.45 bits per heavy atom. The van der Waals surface area contributed by atoms with E-state index in [-0.39, 0.29) is 17.4 Å². The van der Waals surface area contributed by atoms with Crippen LogP contribution < -0.4 is 5.69 Å². The first kappa shape index (κ1) is 14.1. The zero-order chi connectivity index (χ0) is 15.7. The SMILES string of the molecule is CC(C)n1ncn(-c2ccc(-c3cncnc3)cc2F)c1=O. The summed E-state index contributed by atoms with van der Waals surface area (Å²) in [7, 11) is 0. The number of hydrogen-bond donors (Lipinski definition) is 0. The van der Waals surface area contributed by atoms with Gasteiger partial charge in [-0.2, -0.15) is 5.10 Å². The molecule has 3 aromatic rings. The molecule has 0 atom stereocenters. The van der Waals surface area contributed by atoms with E-state index in [0.29, 0.717) is 11.1 Å². The van der Waals surface area contributed by atoms with Crippen molar-refractivity contribution >= 4 is 0 Å². The molecular formula is C15H14FN5O. The number of aromatic nitrogens is 5. The molecule has 0 N–H and O–H groups in total. The highest BCUT2D eigenvalue weighted by molar-refractivity contribution is 5.63. The Morgan fingerprint density at radius 1 is 1.14 bits per heavy atom. The topological polar surface area (TPSA) is 65.6 Å². The standard InChI is InChI=1S/C15H14FN5O/c1-10(2)21-15(22)20(9-19-21)14-4-3-11(5-13(14)16)12-6-17-8-18-7-12/h3-10H,1-2H3. The normalized spacial score (nSPS) is 11.1. The third kappa shape index (κ3) is 2.41. The van der Waals surface area contributed by atoms with Gasteiger partial charge < -0.3 is 0 Å². The number of rotatable bonds is 3. The Hall–Kier alpha value is -2.83. The van der Waals surface area contributed by atoms with Crippen LogP contribution in [0.15, 0.2) is 48.0 Å². The molecule has 0 bridgehead atoms. The van der Waals surface area contributed by atoms with E-state index in [9.17, 15) is 9.18 Å². The van der Waals surface area contributed by atoms with E-state index >= 15 is 0 Å². The van der Waals surface area contributed by atoms with E-state index in [1.54, 1.807) is 24.5 Å². The van der Waals surface area contributed by atoms with Crippen molar-refractivity contribution in [3.63, 3.8) is 0 Å². The van der Waals surface area contributed by atoms with Crippen LogP contribution in [0.5, 0.6) is 0 Å². The Morgan fingerprint density at radius 2 is 1.86 bits per heavy atom. The molecule has 7 heteroatoms. The minimum Gasteiger partial charge on any atom is -0.247 e. The highest BCUT2D eigenvalue weighted by Crippen LogP contribution is 2.21. The summed E-state index contributed by atoms with van der Waals surface area (Å²) in [6.07, 6.45) is 5.94. The van der Waals surface area contributed by atoms with Crippen LogP contribution in [-0.4, -0.2) is 24.3 Å². The number of nitrogens with zero attached hydrogens (tertiary/aromatic N) is 5. The van der Waals surface area contributed by atoms with E-state index in [1.807, 2.05) is 13.8 Å². The molecule has 1 aromatic carbocycles. The Kier molecular flexibility index (Phi) is 3.54. The average molecular weight is 299 g/mol. The second-order valence-electron chi connectivity index (χ2n) is 5.12. The predicted octanol–water partition coefficient (Wildman–Crippen LogP) is 2.21. The van der Waals surface area contributed by atoms with Gasteiger partial charge in [0.25, 0.3) is 0 Å². The molecule has 0 fully saturated rings. The van der Waals surface area contributed by atoms with Crippen LogP contribution in [0.2, 0.25) is 0 Å². The quantitative estimate of drug-likeness (QED) is 0.743. The third-order valence-corrected chi connectivity index (χ3v) is 3.28. The number of benzene rings is 1. The molecule has 0 aliphatic carbocycles. The lowest BCUT2D eigenvalue weighted by molar-refractivity contribution is 0.510. The van der Waals surface area contributed by atoms with Gasteiger partial charge in [-0.15, -0.1) is 0 Å². The molecule has 0 saturated carbocycles. The van der Waals surface area contributed by atoms with Crippen molar-refractivity contribution in [3.8, 4) is 16.8 Å². The number of hydrogen-bond acceptors (Lipinski definition) is 4. The van der Waals surface area contributed by atoms with Crippen LogP contribution in [0, 0.1) is 5.82 Å². The van der Waals surface area contributed by atoms with Crippen molar-refractivity contribution in [2.24, 2.45) is 0 Å². The van der Waals surface area contributed by atoms with Gasteiger partial charge in [0.2, 0.25) is 0 Å². The van der Waals surface area contributed by atoms with Gasteiger partial charge in [0.05, 0.1) is 11.7 Å². The summed E-state index contributed by atoms with van der Waals surface area (Å²) < 4.78 is 16.9. The summed E-state index contributed by atoms with van der Waals surface area (Å²) in [6, 6.07) is 4.53. The summed E-state index contributed by atoms with van der Waals surface area (Å²) in [6.45, 7) is 3.68. The van der Waals surface area contributed by atoms with Gasteiger partial charge in [-0.3, -0.25) is 0 Å². The summed E-state index contributed by atoms with van der Waals surface area (Å²) in [4.78, 5) is 20.0. The molecule has 3 rings (SSSR count). The van der Waals surface area contributed by atoms with Crippen molar-refractivity contribution in [2.45, 2.75) is 19.9 Å². The zero-order valence-corrected chi connectivity index (χ0v) is 12.1. The largest absolute Gasteiger partial charge is 0.350 e. The Labute approximate surface area is 125 Å². The maximum atomic E-state index is 14.4. The van der Waals surface area contributed by atoms with Crippen LogP contribution in [0.1, 0.15) is 19.9 Å². The lowest BCUT2D eigenvalue weighted by Crippen LogP contribution is -2.25. The molecular weight excluding hydrogens is 285 g/mol. The van der Waals surface area contributed by atoms with E-state index < -0.39 is 5.82 Å². The fourth-order valence-electron chi connectivity index (χ4n) is 2.17. The van der Waals surface area contributed by atoms with Crippen molar-refractivity contribution in [1.82, 2.24) is 24.3 Å². The first-order chi connectivity index (χ1) is 10.6.